The van der Waals surface area contributed by atoms with Crippen LogP contribution in [-0.2, 0) is 23.7 Å². The molecule has 52 heavy (non-hydrogen) atoms. The normalized spacial score (nSPS) is 22.0. The highest BCUT2D eigenvalue weighted by Gasteiger charge is 2.44. The van der Waals surface area contributed by atoms with E-state index in [4.69, 9.17) is 18.9 Å². The van der Waals surface area contributed by atoms with Gasteiger partial charge in [-0.05, 0) is 77.0 Å². The Hall–Kier alpha value is -2.37. The van der Waals surface area contributed by atoms with E-state index in [9.17, 15) is 25.2 Å². The van der Waals surface area contributed by atoms with E-state index < -0.39 is 43.4 Å². The molecule has 1 heterocycles. The van der Waals surface area contributed by atoms with Gasteiger partial charge in [-0.2, -0.15) is 0 Å². The van der Waals surface area contributed by atoms with Crippen molar-refractivity contribution in [1.29, 1.82) is 0 Å². The van der Waals surface area contributed by atoms with Crippen LogP contribution in [0.5, 0.6) is 0 Å². The molecule has 1 fully saturated rings. The van der Waals surface area contributed by atoms with Gasteiger partial charge in [0.1, 0.15) is 30.5 Å². The van der Waals surface area contributed by atoms with Gasteiger partial charge in [-0.25, -0.2) is 0 Å². The van der Waals surface area contributed by atoms with Gasteiger partial charge in [0.15, 0.2) is 6.29 Å². The maximum atomic E-state index is 12.7. The van der Waals surface area contributed by atoms with Crippen LogP contribution >= 0.6 is 0 Å². The highest BCUT2D eigenvalue weighted by atomic mass is 16.7. The number of rotatable bonds is 32. The molecule has 6 unspecified atom stereocenters. The molecule has 0 radical (unpaired) electrons. The number of hydrogen-bond acceptors (Lipinski definition) is 9. The lowest BCUT2D eigenvalue weighted by Crippen LogP contribution is -2.59. The second-order valence-corrected chi connectivity index (χ2v) is 13.3. The van der Waals surface area contributed by atoms with E-state index in [0.717, 1.165) is 83.5 Å². The first kappa shape index (κ1) is 47.7. The molecular weight excluding hydrogens is 660 g/mol. The van der Waals surface area contributed by atoms with Crippen molar-refractivity contribution < 1.29 is 44.2 Å². The fraction of sp³-hybridized carbons (Fsp3) is 0.698. The number of carbonyl (C=O) groups is 1. The topological polar surface area (TPSA) is 135 Å². The lowest BCUT2D eigenvalue weighted by Gasteiger charge is -2.39. The molecule has 9 heteroatoms. The first-order valence-electron chi connectivity index (χ1n) is 20.0. The van der Waals surface area contributed by atoms with E-state index in [1.165, 1.54) is 25.7 Å². The summed E-state index contributed by atoms with van der Waals surface area (Å²) < 4.78 is 22.6. The van der Waals surface area contributed by atoms with Crippen LogP contribution in [0, 0.1) is 0 Å². The highest BCUT2D eigenvalue weighted by Crippen LogP contribution is 2.22. The largest absolute Gasteiger partial charge is 0.457 e. The van der Waals surface area contributed by atoms with Crippen LogP contribution < -0.4 is 0 Å². The molecule has 0 spiro atoms. The van der Waals surface area contributed by atoms with Crippen LogP contribution in [0.25, 0.3) is 0 Å². The van der Waals surface area contributed by atoms with Crippen LogP contribution in [0.2, 0.25) is 0 Å². The predicted molar refractivity (Wildman–Crippen MR) is 210 cm³/mol. The van der Waals surface area contributed by atoms with Crippen LogP contribution in [0.3, 0.4) is 0 Å². The SMILES string of the molecule is CC/C=C\C/C=C\C/C=C\C/C=C\CCCOCC(COC1OC(CO)C(O)C(O)C1O)OC(=O)CCCCCCC/C=C\C/C=C\CCCCC. The third-order valence-corrected chi connectivity index (χ3v) is 8.61. The Morgan fingerprint density at radius 1 is 0.635 bits per heavy atom. The van der Waals surface area contributed by atoms with Crippen molar-refractivity contribution in [1.82, 2.24) is 0 Å². The summed E-state index contributed by atoms with van der Waals surface area (Å²) in [6, 6.07) is 0. The summed E-state index contributed by atoms with van der Waals surface area (Å²) in [5.41, 5.74) is 0. The van der Waals surface area contributed by atoms with E-state index in [1.807, 2.05) is 0 Å². The zero-order valence-electron chi connectivity index (χ0n) is 32.3. The molecule has 0 aliphatic carbocycles. The van der Waals surface area contributed by atoms with Gasteiger partial charge < -0.3 is 39.4 Å². The van der Waals surface area contributed by atoms with Gasteiger partial charge in [-0.15, -0.1) is 0 Å². The second-order valence-electron chi connectivity index (χ2n) is 13.3. The maximum Gasteiger partial charge on any atom is 0.306 e. The van der Waals surface area contributed by atoms with E-state index in [0.29, 0.717) is 6.61 Å². The van der Waals surface area contributed by atoms with Crippen molar-refractivity contribution in [3.63, 3.8) is 0 Å². The Morgan fingerprint density at radius 3 is 1.77 bits per heavy atom. The zero-order chi connectivity index (χ0) is 37.9. The van der Waals surface area contributed by atoms with Crippen molar-refractivity contribution >= 4 is 5.97 Å². The molecule has 0 aromatic heterocycles. The third kappa shape index (κ3) is 25.6. The van der Waals surface area contributed by atoms with Crippen LogP contribution in [-0.4, -0.2) is 89.6 Å². The van der Waals surface area contributed by atoms with Gasteiger partial charge >= 0.3 is 5.97 Å². The lowest BCUT2D eigenvalue weighted by molar-refractivity contribution is -0.305. The average molecular weight is 733 g/mol. The fourth-order valence-electron chi connectivity index (χ4n) is 5.46. The molecule has 0 aromatic carbocycles. The Kier molecular flexibility index (Phi) is 31.5. The van der Waals surface area contributed by atoms with Gasteiger partial charge in [0.25, 0.3) is 0 Å². The maximum absolute atomic E-state index is 12.7. The Bertz CT molecular complexity index is 1020. The third-order valence-electron chi connectivity index (χ3n) is 8.61. The second kappa shape index (κ2) is 34.4. The molecule has 1 aliphatic heterocycles. The van der Waals surface area contributed by atoms with E-state index in [-0.39, 0.29) is 25.6 Å². The Labute approximate surface area is 315 Å². The molecule has 1 rings (SSSR count). The Balaban J connectivity index is 2.38. The van der Waals surface area contributed by atoms with Gasteiger partial charge in [0.05, 0.1) is 19.8 Å². The number of esters is 1. The lowest BCUT2D eigenvalue weighted by atomic mass is 9.99. The molecule has 0 amide bonds. The molecule has 4 N–H and O–H groups in total. The number of ether oxygens (including phenoxy) is 4. The fourth-order valence-corrected chi connectivity index (χ4v) is 5.46. The zero-order valence-corrected chi connectivity index (χ0v) is 32.3. The summed E-state index contributed by atoms with van der Waals surface area (Å²) in [5, 5.41) is 40.0. The molecular formula is C43H72O9. The molecule has 1 saturated heterocycles. The van der Waals surface area contributed by atoms with Crippen molar-refractivity contribution in [2.75, 3.05) is 26.4 Å². The van der Waals surface area contributed by atoms with Gasteiger partial charge in [0, 0.05) is 13.0 Å². The molecule has 1 aliphatic rings. The minimum atomic E-state index is -1.55. The summed E-state index contributed by atoms with van der Waals surface area (Å²) in [6.07, 6.45) is 36.5. The van der Waals surface area contributed by atoms with Crippen molar-refractivity contribution in [2.45, 2.75) is 166 Å². The first-order valence-corrected chi connectivity index (χ1v) is 20.0. The number of unbranched alkanes of at least 4 members (excludes halogenated alkanes) is 9. The average Bonchev–Trinajstić information content (AvgIpc) is 3.14. The standard InChI is InChI=1S/C43H72O9/c1-3-5-7-9-11-13-15-17-19-20-22-24-26-28-30-32-39(45)51-37(36-50-43-42(48)41(47)40(46)38(34-44)52-43)35-49-33-31-29-27-25-23-21-18-16-14-12-10-8-6-4-2/h6,8,11-14,17-19,21,25,27,37-38,40-44,46-48H,3-5,7,9-10,15-16,20,22-24,26,28-36H2,1-2H3/b8-6-,13-11-,14-12-,19-17-,21-18-,27-25-. The molecule has 9 nitrogen and oxygen atoms in total. The first-order chi connectivity index (χ1) is 25.4. The number of aliphatic hydroxyl groups is 4. The Morgan fingerprint density at radius 2 is 1.17 bits per heavy atom. The smallest absolute Gasteiger partial charge is 0.306 e. The summed E-state index contributed by atoms with van der Waals surface area (Å²) in [6.45, 7) is 4.22. The van der Waals surface area contributed by atoms with E-state index in [2.05, 4.69) is 86.8 Å². The van der Waals surface area contributed by atoms with E-state index in [1.54, 1.807) is 0 Å². The van der Waals surface area contributed by atoms with Gasteiger partial charge in [-0.3, -0.25) is 4.79 Å². The highest BCUT2D eigenvalue weighted by molar-refractivity contribution is 5.69. The van der Waals surface area contributed by atoms with Crippen LogP contribution in [0.1, 0.15) is 129 Å². The predicted octanol–water partition coefficient (Wildman–Crippen LogP) is 8.13. The quantitative estimate of drug-likeness (QED) is 0.0307. The molecule has 0 bridgehead atoms. The number of aliphatic hydroxyl groups excluding tert-OH is 4. The van der Waals surface area contributed by atoms with Crippen molar-refractivity contribution in [2.24, 2.45) is 0 Å². The number of allylic oxidation sites excluding steroid dienone is 12. The summed E-state index contributed by atoms with van der Waals surface area (Å²) in [5.74, 6) is -0.350. The van der Waals surface area contributed by atoms with Crippen molar-refractivity contribution in [3.8, 4) is 0 Å². The molecule has 6 atom stereocenters. The molecule has 298 valence electrons. The minimum Gasteiger partial charge on any atom is -0.457 e. The monoisotopic (exact) mass is 733 g/mol. The minimum absolute atomic E-state index is 0.0968. The van der Waals surface area contributed by atoms with E-state index >= 15 is 0 Å². The van der Waals surface area contributed by atoms with Gasteiger partial charge in [-0.1, -0.05) is 119 Å². The summed E-state index contributed by atoms with van der Waals surface area (Å²) >= 11 is 0. The number of carbonyl (C=O) groups excluding carboxylic acids is 1. The van der Waals surface area contributed by atoms with Gasteiger partial charge in [0.2, 0.25) is 0 Å². The van der Waals surface area contributed by atoms with Crippen molar-refractivity contribution in [3.05, 3.63) is 72.9 Å². The molecule has 0 aromatic rings. The summed E-state index contributed by atoms with van der Waals surface area (Å²) in [4.78, 5) is 12.7. The number of hydrogen-bond donors (Lipinski definition) is 4. The molecule has 0 saturated carbocycles. The van der Waals surface area contributed by atoms with Crippen LogP contribution in [0.4, 0.5) is 0 Å². The summed E-state index contributed by atoms with van der Waals surface area (Å²) in [7, 11) is 0. The van der Waals surface area contributed by atoms with Crippen LogP contribution in [0.15, 0.2) is 72.9 Å².